The topological polar surface area (TPSA) is 55.3 Å². The van der Waals surface area contributed by atoms with Crippen molar-refractivity contribution in [2.75, 3.05) is 11.5 Å². The summed E-state index contributed by atoms with van der Waals surface area (Å²) in [4.78, 5) is 24.0. The van der Waals surface area contributed by atoms with Crippen LogP contribution >= 0.6 is 11.3 Å². The number of nitrogens with zero attached hydrogens (tertiary/aromatic N) is 3. The summed E-state index contributed by atoms with van der Waals surface area (Å²) in [5, 5.41) is 1.97. The normalized spacial score (nSPS) is 16.3. The molecule has 0 bridgehead atoms. The van der Waals surface area contributed by atoms with Gasteiger partial charge in [0.15, 0.2) is 6.61 Å². The Hall–Kier alpha value is -3.51. The van der Waals surface area contributed by atoms with Crippen LogP contribution in [0.3, 0.4) is 0 Å². The first-order chi connectivity index (χ1) is 18.0. The highest BCUT2D eigenvalue weighted by molar-refractivity contribution is 7.07. The summed E-state index contributed by atoms with van der Waals surface area (Å²) < 4.78 is 5.86. The highest BCUT2D eigenvalue weighted by Gasteiger charge is 2.39. The quantitative estimate of drug-likeness (QED) is 0.264. The molecule has 1 fully saturated rings. The molecule has 1 radical (unpaired) electrons. The van der Waals surface area contributed by atoms with Crippen molar-refractivity contribution in [2.45, 2.75) is 51.5 Å². The van der Waals surface area contributed by atoms with Crippen molar-refractivity contribution in [1.82, 2.24) is 9.97 Å². The van der Waals surface area contributed by atoms with Crippen LogP contribution in [0.1, 0.15) is 50.8 Å². The molecule has 1 amide bonds. The Morgan fingerprint density at radius 3 is 2.49 bits per heavy atom. The molecule has 2 aliphatic rings. The summed E-state index contributed by atoms with van der Waals surface area (Å²) in [5.74, 6) is 1.88. The molecule has 0 unspecified atom stereocenters. The molecule has 6 rings (SSSR count). The Kier molecular flexibility index (Phi) is 6.29. The van der Waals surface area contributed by atoms with E-state index in [0.29, 0.717) is 18.1 Å². The van der Waals surface area contributed by atoms with Gasteiger partial charge in [-0.3, -0.25) is 9.69 Å². The molecule has 0 N–H and O–H groups in total. The highest BCUT2D eigenvalue weighted by Crippen LogP contribution is 2.49. The third-order valence-corrected chi connectivity index (χ3v) is 8.19. The lowest BCUT2D eigenvalue weighted by molar-refractivity contribution is -0.121. The van der Waals surface area contributed by atoms with Crippen LogP contribution in [-0.2, 0) is 16.8 Å². The molecular weight excluding hydrogens is 478 g/mol. The molecule has 2 aromatic heterocycles. The molecule has 5 nitrogen and oxygen atoms in total. The van der Waals surface area contributed by atoms with Crippen molar-refractivity contribution >= 4 is 22.9 Å². The number of fused-ring (bicyclic) bond motifs is 1. The minimum Gasteiger partial charge on any atom is -0.466 e. The number of benzene rings is 2. The summed E-state index contributed by atoms with van der Waals surface area (Å²) in [7, 11) is 0. The number of rotatable bonds is 7. The summed E-state index contributed by atoms with van der Waals surface area (Å²) in [6.07, 6.45) is 4.95. The molecule has 6 heteroatoms. The molecule has 2 aromatic carbocycles. The number of aromatic nitrogens is 2. The van der Waals surface area contributed by atoms with E-state index in [1.165, 1.54) is 42.1 Å². The summed E-state index contributed by atoms with van der Waals surface area (Å²) in [5.41, 5.74) is 8.96. The maximum absolute atomic E-state index is 12.9. The zero-order valence-corrected chi connectivity index (χ0v) is 22.1. The van der Waals surface area contributed by atoms with Crippen LogP contribution < -0.4 is 9.64 Å². The van der Waals surface area contributed by atoms with Gasteiger partial charge in [-0.2, -0.15) is 0 Å². The second-order valence-electron chi connectivity index (χ2n) is 10.4. The summed E-state index contributed by atoms with van der Waals surface area (Å²) >= 11 is 1.52. The number of hydrogen-bond donors (Lipinski definition) is 0. The summed E-state index contributed by atoms with van der Waals surface area (Å²) in [6.45, 7) is 4.85. The third-order valence-electron chi connectivity index (χ3n) is 7.55. The molecule has 1 aliphatic heterocycles. The van der Waals surface area contributed by atoms with Gasteiger partial charge in [-0.15, -0.1) is 11.3 Å². The Balaban J connectivity index is 1.43. The molecule has 0 saturated heterocycles. The van der Waals surface area contributed by atoms with Crippen molar-refractivity contribution in [2.24, 2.45) is 0 Å². The molecule has 187 valence electrons. The fraction of sp³-hybridized carbons (Fsp3) is 0.290. The number of thiazole rings is 1. The number of carbonyl (C=O) groups excluding carboxylic acids is 1. The monoisotopic (exact) mass is 508 g/mol. The van der Waals surface area contributed by atoms with Gasteiger partial charge in [0, 0.05) is 16.5 Å². The first kappa shape index (κ1) is 23.9. The number of pyridine rings is 1. The zero-order chi connectivity index (χ0) is 25.4. The Morgan fingerprint density at radius 2 is 1.84 bits per heavy atom. The standard InChI is InChI=1S/C31H30N3O2S/c1-21(2)16-31(13-6-14-31)24-11-9-23(10-12-24)29-26(22-7-4-3-5-8-22)15-27-30(33-29)36-18-28(35)34(27)17-25-19-37-20-32-25/h3-5,7-12,15,19-20H,6,13-14,16-18H2,1-2H3. The second-order valence-corrected chi connectivity index (χ2v) is 11.1. The number of carbonyl (C=O) groups is 1. The van der Waals surface area contributed by atoms with E-state index >= 15 is 0 Å². The minimum absolute atomic E-state index is 0.0252. The van der Waals surface area contributed by atoms with Crippen molar-refractivity contribution in [3.05, 3.63) is 88.7 Å². The molecule has 3 heterocycles. The van der Waals surface area contributed by atoms with Crippen LogP contribution in [0.4, 0.5) is 5.69 Å². The predicted octanol–water partition coefficient (Wildman–Crippen LogP) is 7.22. The van der Waals surface area contributed by atoms with E-state index in [0.717, 1.165) is 34.5 Å². The lowest BCUT2D eigenvalue weighted by Crippen LogP contribution is -2.38. The van der Waals surface area contributed by atoms with Crippen LogP contribution in [0.5, 0.6) is 5.88 Å². The molecule has 4 aromatic rings. The van der Waals surface area contributed by atoms with Crippen LogP contribution in [-0.4, -0.2) is 22.5 Å². The van der Waals surface area contributed by atoms with E-state index in [1.807, 2.05) is 29.6 Å². The maximum atomic E-state index is 12.9. The number of anilines is 1. The number of ether oxygens (including phenoxy) is 1. The van der Waals surface area contributed by atoms with Gasteiger partial charge in [-0.05, 0) is 47.8 Å². The predicted molar refractivity (Wildman–Crippen MR) is 149 cm³/mol. The van der Waals surface area contributed by atoms with Crippen molar-refractivity contribution < 1.29 is 9.53 Å². The van der Waals surface area contributed by atoms with Gasteiger partial charge in [0.05, 0.1) is 23.4 Å². The molecule has 0 atom stereocenters. The first-order valence-corrected chi connectivity index (χ1v) is 13.8. The van der Waals surface area contributed by atoms with Crippen molar-refractivity contribution in [3.63, 3.8) is 0 Å². The largest absolute Gasteiger partial charge is 0.466 e. The zero-order valence-electron chi connectivity index (χ0n) is 21.2. The highest BCUT2D eigenvalue weighted by atomic mass is 32.1. The van der Waals surface area contributed by atoms with Gasteiger partial charge in [-0.25, -0.2) is 9.97 Å². The average Bonchev–Trinajstić information content (AvgIpc) is 3.41. The van der Waals surface area contributed by atoms with Crippen molar-refractivity contribution in [1.29, 1.82) is 0 Å². The van der Waals surface area contributed by atoms with Gasteiger partial charge in [0.1, 0.15) is 5.69 Å². The molecule has 0 spiro atoms. The lowest BCUT2D eigenvalue weighted by Gasteiger charge is -2.44. The number of hydrogen-bond acceptors (Lipinski definition) is 5. The van der Waals surface area contributed by atoms with Crippen LogP contribution in [0.25, 0.3) is 22.4 Å². The first-order valence-electron chi connectivity index (χ1n) is 12.8. The average molecular weight is 509 g/mol. The van der Waals surface area contributed by atoms with E-state index in [4.69, 9.17) is 9.72 Å². The van der Waals surface area contributed by atoms with E-state index in [1.54, 1.807) is 10.4 Å². The van der Waals surface area contributed by atoms with Gasteiger partial charge in [0.2, 0.25) is 5.88 Å². The molecule has 1 aliphatic carbocycles. The SMILES string of the molecule is C[C](C)CC1(c2ccc(-c3nc4c(cc3-c3ccccc3)N(Cc3cscn3)C(=O)CO4)cc2)CCC1. The Labute approximate surface area is 222 Å². The van der Waals surface area contributed by atoms with Crippen LogP contribution in [0, 0.1) is 5.92 Å². The maximum Gasteiger partial charge on any atom is 0.265 e. The van der Waals surface area contributed by atoms with Gasteiger partial charge in [-0.1, -0.05) is 74.9 Å². The van der Waals surface area contributed by atoms with E-state index in [-0.39, 0.29) is 17.9 Å². The third kappa shape index (κ3) is 4.55. The Morgan fingerprint density at radius 1 is 1.05 bits per heavy atom. The molecule has 37 heavy (non-hydrogen) atoms. The molecule has 1 saturated carbocycles. The molecular formula is C31H30N3O2S. The smallest absolute Gasteiger partial charge is 0.265 e. The fourth-order valence-corrected chi connectivity index (χ4v) is 6.22. The number of amides is 1. The second kappa shape index (κ2) is 9.75. The van der Waals surface area contributed by atoms with E-state index in [2.05, 4.69) is 55.2 Å². The summed E-state index contributed by atoms with van der Waals surface area (Å²) in [6, 6.07) is 21.2. The van der Waals surface area contributed by atoms with Crippen LogP contribution in [0.15, 0.2) is 71.6 Å². The van der Waals surface area contributed by atoms with Crippen molar-refractivity contribution in [3.8, 4) is 28.3 Å². The minimum atomic E-state index is -0.0905. The van der Waals surface area contributed by atoms with E-state index < -0.39 is 0 Å². The fourth-order valence-electron chi connectivity index (χ4n) is 5.67. The van der Waals surface area contributed by atoms with Gasteiger partial charge >= 0.3 is 0 Å². The van der Waals surface area contributed by atoms with Gasteiger partial charge in [0.25, 0.3) is 5.91 Å². The van der Waals surface area contributed by atoms with Gasteiger partial charge < -0.3 is 4.74 Å². The van der Waals surface area contributed by atoms with Crippen LogP contribution in [0.2, 0.25) is 0 Å². The lowest BCUT2D eigenvalue weighted by atomic mass is 9.61. The van der Waals surface area contributed by atoms with E-state index in [9.17, 15) is 4.79 Å². The Bertz CT molecular complexity index is 1390.